The summed E-state index contributed by atoms with van der Waals surface area (Å²) in [4.78, 5) is 21.4. The molecule has 1 heterocycles. The fraction of sp³-hybridized carbons (Fsp3) is 0.231. The first-order chi connectivity index (χ1) is 10.7. The number of aromatic nitrogens is 3. The van der Waals surface area contributed by atoms with Crippen molar-refractivity contribution in [3.8, 4) is 0 Å². The monoisotopic (exact) mass is 338 g/mol. The number of carbonyl (C=O) groups excluding carboxylic acids is 1. The van der Waals surface area contributed by atoms with Crippen LogP contribution >= 0.6 is 21.6 Å². The van der Waals surface area contributed by atoms with Crippen molar-refractivity contribution in [1.29, 1.82) is 0 Å². The third-order valence-electron chi connectivity index (χ3n) is 2.42. The van der Waals surface area contributed by atoms with E-state index in [0.717, 1.165) is 9.87 Å². The van der Waals surface area contributed by atoms with Gasteiger partial charge in [-0.25, -0.2) is 4.79 Å². The number of para-hydroxylation sites is 1. The molecular weight excluding hydrogens is 324 g/mol. The highest BCUT2D eigenvalue weighted by Gasteiger charge is 2.10. The molecule has 116 valence electrons. The number of allylic oxidation sites excluding steroid dienone is 1. The van der Waals surface area contributed by atoms with Crippen LogP contribution in [0.3, 0.4) is 0 Å². The summed E-state index contributed by atoms with van der Waals surface area (Å²) in [5.74, 6) is 0.602. The van der Waals surface area contributed by atoms with E-state index in [1.807, 2.05) is 19.1 Å². The van der Waals surface area contributed by atoms with Crippen molar-refractivity contribution >= 4 is 45.5 Å². The highest BCUT2D eigenvalue weighted by Crippen LogP contribution is 2.29. The number of benzene rings is 1. The molecule has 22 heavy (non-hydrogen) atoms. The molecule has 2 aromatic rings. The Hall–Kier alpha value is -2.00. The Morgan fingerprint density at radius 2 is 2.32 bits per heavy atom. The van der Waals surface area contributed by atoms with E-state index in [1.165, 1.54) is 21.6 Å². The molecular formula is C13H14N4O3S2. The Labute approximate surface area is 135 Å². The summed E-state index contributed by atoms with van der Waals surface area (Å²) >= 11 is 0. The second-order valence-corrected chi connectivity index (χ2v) is 6.27. The minimum Gasteiger partial charge on any atom is -0.432 e. The lowest BCUT2D eigenvalue weighted by atomic mass is 10.3. The molecule has 2 rings (SSSR count). The smallest absolute Gasteiger partial charge is 0.432 e. The number of fused-ring (bicyclic) bond motifs is 1. The number of hydrogen-bond donors (Lipinski definition) is 0. The van der Waals surface area contributed by atoms with Gasteiger partial charge in [-0.05, 0) is 41.8 Å². The number of aliphatic imine (C=N–C) groups is 1. The zero-order valence-corrected chi connectivity index (χ0v) is 13.5. The fourth-order valence-corrected chi connectivity index (χ4v) is 3.21. The van der Waals surface area contributed by atoms with E-state index < -0.39 is 6.16 Å². The van der Waals surface area contributed by atoms with Crippen LogP contribution in [-0.2, 0) is 4.74 Å². The lowest BCUT2D eigenvalue weighted by molar-refractivity contribution is 0.0434. The van der Waals surface area contributed by atoms with E-state index in [0.29, 0.717) is 16.8 Å². The van der Waals surface area contributed by atoms with Crippen molar-refractivity contribution in [2.75, 3.05) is 12.4 Å². The van der Waals surface area contributed by atoms with Gasteiger partial charge >= 0.3 is 6.16 Å². The van der Waals surface area contributed by atoms with Crippen molar-refractivity contribution in [2.24, 2.45) is 4.99 Å². The number of ether oxygens (including phenoxy) is 1. The lowest BCUT2D eigenvalue weighted by Gasteiger charge is -2.04. The van der Waals surface area contributed by atoms with Crippen molar-refractivity contribution in [3.05, 3.63) is 35.4 Å². The molecule has 0 N–H and O–H groups in total. The summed E-state index contributed by atoms with van der Waals surface area (Å²) in [5.41, 5.74) is 1.23. The molecule has 9 heteroatoms. The normalized spacial score (nSPS) is 11.4. The summed E-state index contributed by atoms with van der Waals surface area (Å²) in [6.07, 6.45) is 1.03. The SMILES string of the molecule is C=NC(=CC)SSCCOC(=O)On1nnc2ccccc21. The van der Waals surface area contributed by atoms with Crippen LogP contribution in [0.15, 0.2) is 40.4 Å². The molecule has 0 fully saturated rings. The van der Waals surface area contributed by atoms with Gasteiger partial charge in [-0.15, -0.1) is 5.10 Å². The summed E-state index contributed by atoms with van der Waals surface area (Å²) in [6.45, 7) is 5.55. The molecule has 0 spiro atoms. The predicted octanol–water partition coefficient (Wildman–Crippen LogP) is 2.94. The Bertz CT molecular complexity index is 687. The summed E-state index contributed by atoms with van der Waals surface area (Å²) < 4.78 is 4.96. The molecule has 0 aliphatic carbocycles. The second-order valence-electron chi connectivity index (χ2n) is 3.83. The van der Waals surface area contributed by atoms with Crippen molar-refractivity contribution in [2.45, 2.75) is 6.92 Å². The molecule has 0 saturated carbocycles. The Morgan fingerprint density at radius 1 is 1.50 bits per heavy atom. The maximum Gasteiger partial charge on any atom is 0.535 e. The van der Waals surface area contributed by atoms with Gasteiger partial charge in [0.25, 0.3) is 0 Å². The number of carbonyl (C=O) groups is 1. The van der Waals surface area contributed by atoms with Gasteiger partial charge in [0.05, 0.1) is 0 Å². The average molecular weight is 338 g/mol. The van der Waals surface area contributed by atoms with Gasteiger partial charge in [-0.1, -0.05) is 33.8 Å². The second kappa shape index (κ2) is 8.44. The topological polar surface area (TPSA) is 78.6 Å². The van der Waals surface area contributed by atoms with Gasteiger partial charge in [0.2, 0.25) is 0 Å². The lowest BCUT2D eigenvalue weighted by Crippen LogP contribution is -2.22. The number of rotatable bonds is 7. The van der Waals surface area contributed by atoms with E-state index in [1.54, 1.807) is 18.2 Å². The molecule has 0 bridgehead atoms. The maximum absolute atomic E-state index is 11.6. The zero-order valence-electron chi connectivity index (χ0n) is 11.8. The first kappa shape index (κ1) is 16.4. The third-order valence-corrected chi connectivity index (χ3v) is 4.77. The molecule has 0 atom stereocenters. The van der Waals surface area contributed by atoms with E-state index in [9.17, 15) is 4.79 Å². The first-order valence-corrected chi connectivity index (χ1v) is 8.64. The zero-order chi connectivity index (χ0) is 15.8. The van der Waals surface area contributed by atoms with Gasteiger partial charge < -0.3 is 4.74 Å². The molecule has 0 amide bonds. The molecule has 0 aliphatic rings. The summed E-state index contributed by atoms with van der Waals surface area (Å²) in [7, 11) is 2.98. The highest BCUT2D eigenvalue weighted by molar-refractivity contribution is 8.78. The molecule has 0 unspecified atom stereocenters. The molecule has 1 aromatic carbocycles. The molecule has 0 aliphatic heterocycles. The van der Waals surface area contributed by atoms with Crippen molar-refractivity contribution in [3.63, 3.8) is 0 Å². The quantitative estimate of drug-likeness (QED) is 0.252. The fourth-order valence-electron chi connectivity index (χ4n) is 1.44. The van der Waals surface area contributed by atoms with E-state index in [-0.39, 0.29) is 6.61 Å². The van der Waals surface area contributed by atoms with Crippen LogP contribution in [0.25, 0.3) is 11.0 Å². The molecule has 0 radical (unpaired) electrons. The van der Waals surface area contributed by atoms with E-state index in [4.69, 9.17) is 9.57 Å². The van der Waals surface area contributed by atoms with Gasteiger partial charge in [0.1, 0.15) is 22.7 Å². The van der Waals surface area contributed by atoms with Crippen LogP contribution < -0.4 is 4.84 Å². The van der Waals surface area contributed by atoms with Gasteiger partial charge in [0, 0.05) is 5.75 Å². The van der Waals surface area contributed by atoms with Gasteiger partial charge in [-0.3, -0.25) is 9.83 Å². The molecule has 7 nitrogen and oxygen atoms in total. The average Bonchev–Trinajstić information content (AvgIpc) is 2.94. The standard InChI is InChI=1S/C13H14N4O3S2/c1-3-12(14-2)22-21-9-8-19-13(18)20-17-11-7-5-4-6-10(11)15-16-17/h3-7H,2,8-9H2,1H3. The first-order valence-electron chi connectivity index (χ1n) is 6.32. The minimum atomic E-state index is -0.825. The van der Waals surface area contributed by atoms with Crippen LogP contribution in [0.4, 0.5) is 4.79 Å². The van der Waals surface area contributed by atoms with E-state index in [2.05, 4.69) is 22.0 Å². The molecule has 1 aromatic heterocycles. The van der Waals surface area contributed by atoms with Gasteiger partial charge in [0.15, 0.2) is 0 Å². The Kier molecular flexibility index (Phi) is 6.28. The van der Waals surface area contributed by atoms with Crippen LogP contribution in [0.1, 0.15) is 6.92 Å². The highest BCUT2D eigenvalue weighted by atomic mass is 33.1. The summed E-state index contributed by atoms with van der Waals surface area (Å²) in [6, 6.07) is 7.15. The van der Waals surface area contributed by atoms with Crippen LogP contribution in [0.2, 0.25) is 0 Å². The summed E-state index contributed by atoms with van der Waals surface area (Å²) in [5, 5.41) is 8.42. The number of hydrogen-bond acceptors (Lipinski definition) is 8. The Morgan fingerprint density at radius 3 is 3.09 bits per heavy atom. The largest absolute Gasteiger partial charge is 0.535 e. The maximum atomic E-state index is 11.6. The minimum absolute atomic E-state index is 0.220. The van der Waals surface area contributed by atoms with Gasteiger partial charge in [-0.2, -0.15) is 0 Å². The Balaban J connectivity index is 1.73. The van der Waals surface area contributed by atoms with Crippen LogP contribution in [0, 0.1) is 0 Å². The number of nitrogens with zero attached hydrogens (tertiary/aromatic N) is 4. The van der Waals surface area contributed by atoms with Crippen LogP contribution in [-0.4, -0.2) is 40.4 Å². The van der Waals surface area contributed by atoms with Crippen molar-refractivity contribution < 1.29 is 14.4 Å². The predicted molar refractivity (Wildman–Crippen MR) is 88.8 cm³/mol. The van der Waals surface area contributed by atoms with Crippen molar-refractivity contribution in [1.82, 2.24) is 15.2 Å². The molecule has 0 saturated heterocycles. The van der Waals surface area contributed by atoms with E-state index >= 15 is 0 Å². The third kappa shape index (κ3) is 4.50. The van der Waals surface area contributed by atoms with Crippen LogP contribution in [0.5, 0.6) is 0 Å².